The van der Waals surface area contributed by atoms with E-state index in [1.54, 1.807) is 5.56 Å². The van der Waals surface area contributed by atoms with Crippen molar-refractivity contribution in [2.75, 3.05) is 13.1 Å². The SMILES string of the molecule is c1ccc(C(CCCN2CCc3cc(CNC4CCCCC4)ccc3C2)c2ccccc2)cc1. The van der Waals surface area contributed by atoms with Crippen LogP contribution >= 0.6 is 0 Å². The number of hydrogen-bond donors (Lipinski definition) is 1. The highest BCUT2D eigenvalue weighted by Gasteiger charge is 2.19. The van der Waals surface area contributed by atoms with Crippen molar-refractivity contribution >= 4 is 0 Å². The van der Waals surface area contributed by atoms with Crippen molar-refractivity contribution in [2.24, 2.45) is 0 Å². The molecule has 2 nitrogen and oxygen atoms in total. The Morgan fingerprint density at radius 3 is 2.21 bits per heavy atom. The smallest absolute Gasteiger partial charge is 0.0236 e. The molecule has 1 saturated carbocycles. The van der Waals surface area contributed by atoms with E-state index in [0.29, 0.717) is 5.92 Å². The second kappa shape index (κ2) is 11.8. The maximum absolute atomic E-state index is 3.81. The first-order valence-corrected chi connectivity index (χ1v) is 13.5. The van der Waals surface area contributed by atoms with E-state index in [-0.39, 0.29) is 0 Å². The van der Waals surface area contributed by atoms with E-state index in [1.807, 2.05) is 0 Å². The van der Waals surface area contributed by atoms with Crippen LogP contribution in [0.4, 0.5) is 0 Å². The first-order valence-electron chi connectivity index (χ1n) is 13.5. The van der Waals surface area contributed by atoms with Crippen LogP contribution < -0.4 is 5.32 Å². The molecule has 1 fully saturated rings. The van der Waals surface area contributed by atoms with Crippen LogP contribution in [0.15, 0.2) is 78.9 Å². The van der Waals surface area contributed by atoms with Crippen molar-refractivity contribution < 1.29 is 0 Å². The van der Waals surface area contributed by atoms with Gasteiger partial charge in [0.05, 0.1) is 0 Å². The summed E-state index contributed by atoms with van der Waals surface area (Å²) in [7, 11) is 0. The molecule has 0 atom stereocenters. The lowest BCUT2D eigenvalue weighted by Gasteiger charge is -2.30. The Morgan fingerprint density at radius 1 is 0.794 bits per heavy atom. The third-order valence-electron chi connectivity index (χ3n) is 7.93. The van der Waals surface area contributed by atoms with Crippen LogP contribution in [0.2, 0.25) is 0 Å². The summed E-state index contributed by atoms with van der Waals surface area (Å²) < 4.78 is 0. The van der Waals surface area contributed by atoms with Crippen molar-refractivity contribution in [3.05, 3.63) is 107 Å². The Bertz CT molecular complexity index is 968. The van der Waals surface area contributed by atoms with Crippen molar-refractivity contribution in [3.63, 3.8) is 0 Å². The quantitative estimate of drug-likeness (QED) is 0.373. The number of nitrogens with zero attached hydrogens (tertiary/aromatic N) is 1. The van der Waals surface area contributed by atoms with Crippen molar-refractivity contribution in [2.45, 2.75) is 76.4 Å². The third kappa shape index (κ3) is 6.17. The van der Waals surface area contributed by atoms with E-state index in [2.05, 4.69) is 89.1 Å². The zero-order valence-corrected chi connectivity index (χ0v) is 20.6. The van der Waals surface area contributed by atoms with E-state index in [0.717, 1.165) is 19.1 Å². The summed E-state index contributed by atoms with van der Waals surface area (Å²) in [5.74, 6) is 0.485. The lowest BCUT2D eigenvalue weighted by Crippen LogP contribution is -2.32. The third-order valence-corrected chi connectivity index (χ3v) is 7.93. The molecule has 34 heavy (non-hydrogen) atoms. The molecular weight excluding hydrogens is 412 g/mol. The number of fused-ring (bicyclic) bond motifs is 1. The number of rotatable bonds is 9. The maximum Gasteiger partial charge on any atom is 0.0236 e. The predicted octanol–water partition coefficient (Wildman–Crippen LogP) is 7.08. The van der Waals surface area contributed by atoms with Crippen LogP contribution in [0.3, 0.4) is 0 Å². The molecule has 0 amide bonds. The van der Waals surface area contributed by atoms with Gasteiger partial charge < -0.3 is 5.32 Å². The Balaban J connectivity index is 1.14. The van der Waals surface area contributed by atoms with Crippen LogP contribution in [-0.4, -0.2) is 24.0 Å². The lowest BCUT2D eigenvalue weighted by molar-refractivity contribution is 0.247. The van der Waals surface area contributed by atoms with Crippen LogP contribution in [0, 0.1) is 0 Å². The molecule has 0 radical (unpaired) electrons. The fourth-order valence-corrected chi connectivity index (χ4v) is 5.95. The Hall–Kier alpha value is -2.42. The number of benzene rings is 3. The van der Waals surface area contributed by atoms with Crippen LogP contribution in [0.5, 0.6) is 0 Å². The minimum atomic E-state index is 0.485. The molecule has 3 aromatic rings. The molecule has 0 unspecified atom stereocenters. The van der Waals surface area contributed by atoms with Gasteiger partial charge in [-0.05, 0) is 66.5 Å². The molecule has 2 heteroatoms. The molecule has 0 saturated heterocycles. The zero-order chi connectivity index (χ0) is 23.0. The summed E-state index contributed by atoms with van der Waals surface area (Å²) in [6.07, 6.45) is 10.5. The lowest BCUT2D eigenvalue weighted by atomic mass is 9.87. The van der Waals surface area contributed by atoms with Crippen molar-refractivity contribution in [3.8, 4) is 0 Å². The molecule has 1 aliphatic carbocycles. The van der Waals surface area contributed by atoms with Gasteiger partial charge in [-0.15, -0.1) is 0 Å². The highest BCUT2D eigenvalue weighted by Crippen LogP contribution is 2.30. The van der Waals surface area contributed by atoms with Gasteiger partial charge in [-0.25, -0.2) is 0 Å². The predicted molar refractivity (Wildman–Crippen MR) is 143 cm³/mol. The molecule has 0 aromatic heterocycles. The van der Waals surface area contributed by atoms with E-state index in [9.17, 15) is 0 Å². The minimum Gasteiger partial charge on any atom is -0.310 e. The minimum absolute atomic E-state index is 0.485. The molecule has 2 aliphatic rings. The molecule has 1 N–H and O–H groups in total. The standard InChI is InChI=1S/C32H40N2/c1-4-11-27(12-5-1)32(28-13-6-2-7-14-28)17-10-21-34-22-20-29-23-26(18-19-30(29)25-34)24-33-31-15-8-3-9-16-31/h1-2,4-7,11-14,18-19,23,31-33H,3,8-10,15-17,20-22,24-25H2. The zero-order valence-electron chi connectivity index (χ0n) is 20.6. The summed E-state index contributed by atoms with van der Waals surface area (Å²) in [4.78, 5) is 2.66. The summed E-state index contributed by atoms with van der Waals surface area (Å²) in [5.41, 5.74) is 7.45. The molecular formula is C32H40N2. The fraction of sp³-hybridized carbons (Fsp3) is 0.438. The summed E-state index contributed by atoms with van der Waals surface area (Å²) in [6, 6.07) is 30.0. The summed E-state index contributed by atoms with van der Waals surface area (Å²) in [5, 5.41) is 3.81. The molecule has 178 valence electrons. The van der Waals surface area contributed by atoms with Crippen molar-refractivity contribution in [1.29, 1.82) is 0 Å². The maximum atomic E-state index is 3.81. The first kappa shape index (κ1) is 23.3. The molecule has 1 aliphatic heterocycles. The van der Waals surface area contributed by atoms with E-state index in [4.69, 9.17) is 0 Å². The van der Waals surface area contributed by atoms with Gasteiger partial charge in [0.1, 0.15) is 0 Å². The van der Waals surface area contributed by atoms with E-state index < -0.39 is 0 Å². The molecule has 0 spiro atoms. The Labute approximate surface area is 206 Å². The van der Waals surface area contributed by atoms with Gasteiger partial charge in [0, 0.05) is 31.6 Å². The highest BCUT2D eigenvalue weighted by molar-refractivity contribution is 5.34. The van der Waals surface area contributed by atoms with Gasteiger partial charge in [-0.1, -0.05) is 98.1 Å². The van der Waals surface area contributed by atoms with E-state index in [1.165, 1.54) is 86.7 Å². The second-order valence-corrected chi connectivity index (χ2v) is 10.4. The summed E-state index contributed by atoms with van der Waals surface area (Å²) >= 11 is 0. The Kier molecular flexibility index (Phi) is 8.11. The van der Waals surface area contributed by atoms with Gasteiger partial charge in [-0.2, -0.15) is 0 Å². The normalized spacial score (nSPS) is 17.1. The molecule has 3 aromatic carbocycles. The monoisotopic (exact) mass is 452 g/mol. The number of nitrogens with one attached hydrogen (secondary N) is 1. The van der Waals surface area contributed by atoms with E-state index >= 15 is 0 Å². The van der Waals surface area contributed by atoms with Crippen LogP contribution in [-0.2, 0) is 19.5 Å². The van der Waals surface area contributed by atoms with Crippen LogP contribution in [0.25, 0.3) is 0 Å². The molecule has 1 heterocycles. The topological polar surface area (TPSA) is 15.3 Å². The van der Waals surface area contributed by atoms with Gasteiger partial charge in [0.2, 0.25) is 0 Å². The van der Waals surface area contributed by atoms with Gasteiger partial charge in [-0.3, -0.25) is 4.90 Å². The largest absolute Gasteiger partial charge is 0.310 e. The molecule has 0 bridgehead atoms. The summed E-state index contributed by atoms with van der Waals surface area (Å²) in [6.45, 7) is 4.50. The fourth-order valence-electron chi connectivity index (χ4n) is 5.95. The first-order chi connectivity index (χ1) is 16.8. The second-order valence-electron chi connectivity index (χ2n) is 10.4. The van der Waals surface area contributed by atoms with Gasteiger partial charge in [0.15, 0.2) is 0 Å². The van der Waals surface area contributed by atoms with Crippen LogP contribution in [0.1, 0.15) is 78.7 Å². The average molecular weight is 453 g/mol. The highest BCUT2D eigenvalue weighted by atomic mass is 15.1. The van der Waals surface area contributed by atoms with Gasteiger partial charge in [0.25, 0.3) is 0 Å². The Morgan fingerprint density at radius 2 is 1.50 bits per heavy atom. The number of hydrogen-bond acceptors (Lipinski definition) is 2. The van der Waals surface area contributed by atoms with Gasteiger partial charge >= 0.3 is 0 Å². The van der Waals surface area contributed by atoms with Crippen molar-refractivity contribution in [1.82, 2.24) is 10.2 Å². The average Bonchev–Trinajstić information content (AvgIpc) is 2.91. The molecule has 5 rings (SSSR count).